The number of methoxy groups -OCH3 is 1. The van der Waals surface area contributed by atoms with Crippen LogP contribution in [0, 0.1) is 5.92 Å². The van der Waals surface area contributed by atoms with E-state index in [1.54, 1.807) is 11.8 Å². The molecule has 0 aliphatic heterocycles. The van der Waals surface area contributed by atoms with Crippen LogP contribution in [0.2, 0.25) is 0 Å². The molecule has 0 radical (unpaired) electrons. The highest BCUT2D eigenvalue weighted by atomic mass is 19.3. The van der Waals surface area contributed by atoms with E-state index in [1.165, 1.54) is 0 Å². The van der Waals surface area contributed by atoms with Gasteiger partial charge in [-0.05, 0) is 22.8 Å². The molecule has 1 heterocycles. The summed E-state index contributed by atoms with van der Waals surface area (Å²) in [7, 11) is 3.48. The van der Waals surface area contributed by atoms with Crippen LogP contribution in [-0.2, 0) is 11.3 Å². The lowest BCUT2D eigenvalue weighted by molar-refractivity contribution is -0.150. The SMILES string of the molecule is CCCCN(C)c1nnnn1CC(OC)C1CC(F)(F)C1. The lowest BCUT2D eigenvalue weighted by Gasteiger charge is -2.39. The average molecular weight is 303 g/mol. The molecule has 1 aliphatic carbocycles. The second-order valence-corrected chi connectivity index (χ2v) is 5.73. The Morgan fingerprint density at radius 3 is 2.76 bits per heavy atom. The predicted octanol–water partition coefficient (Wildman–Crippen LogP) is 1.97. The molecule has 2 rings (SSSR count). The Morgan fingerprint density at radius 1 is 1.48 bits per heavy atom. The van der Waals surface area contributed by atoms with Crippen molar-refractivity contribution in [2.24, 2.45) is 5.92 Å². The van der Waals surface area contributed by atoms with Gasteiger partial charge in [-0.2, -0.15) is 0 Å². The highest BCUT2D eigenvalue weighted by Gasteiger charge is 2.48. The summed E-state index contributed by atoms with van der Waals surface area (Å²) in [5.74, 6) is -2.03. The molecular formula is C13H23F2N5O. The highest BCUT2D eigenvalue weighted by Crippen LogP contribution is 2.45. The summed E-state index contributed by atoms with van der Waals surface area (Å²) in [6.07, 6.45) is 1.62. The van der Waals surface area contributed by atoms with Gasteiger partial charge < -0.3 is 9.64 Å². The molecule has 0 spiro atoms. The third-order valence-corrected chi connectivity index (χ3v) is 4.00. The van der Waals surface area contributed by atoms with Gasteiger partial charge in [0, 0.05) is 33.5 Å². The van der Waals surface area contributed by atoms with Crippen molar-refractivity contribution in [3.63, 3.8) is 0 Å². The van der Waals surface area contributed by atoms with Crippen molar-refractivity contribution in [2.75, 3.05) is 25.6 Å². The van der Waals surface area contributed by atoms with Gasteiger partial charge in [0.25, 0.3) is 0 Å². The summed E-state index contributed by atoms with van der Waals surface area (Å²) >= 11 is 0. The fourth-order valence-electron chi connectivity index (χ4n) is 2.64. The number of hydrogen-bond acceptors (Lipinski definition) is 5. The largest absolute Gasteiger partial charge is 0.379 e. The third-order valence-electron chi connectivity index (χ3n) is 4.00. The molecule has 1 fully saturated rings. The van der Waals surface area contributed by atoms with Crippen LogP contribution >= 0.6 is 0 Å². The molecule has 0 aromatic carbocycles. The molecule has 1 atom stereocenters. The second kappa shape index (κ2) is 6.64. The fourth-order valence-corrected chi connectivity index (χ4v) is 2.64. The number of aromatic nitrogens is 4. The minimum atomic E-state index is -2.54. The highest BCUT2D eigenvalue weighted by molar-refractivity contribution is 5.25. The Labute approximate surface area is 123 Å². The lowest BCUT2D eigenvalue weighted by Crippen LogP contribution is -2.44. The van der Waals surface area contributed by atoms with Gasteiger partial charge in [-0.15, -0.1) is 0 Å². The van der Waals surface area contributed by atoms with E-state index in [9.17, 15) is 8.78 Å². The van der Waals surface area contributed by atoms with Crippen molar-refractivity contribution in [3.05, 3.63) is 0 Å². The van der Waals surface area contributed by atoms with Crippen LogP contribution in [0.25, 0.3) is 0 Å². The van der Waals surface area contributed by atoms with Gasteiger partial charge in [0.1, 0.15) is 0 Å². The third kappa shape index (κ3) is 3.87. The molecule has 0 saturated heterocycles. The minimum absolute atomic E-state index is 0.116. The van der Waals surface area contributed by atoms with Gasteiger partial charge in [0.15, 0.2) is 0 Å². The average Bonchev–Trinajstić information content (AvgIpc) is 2.87. The van der Waals surface area contributed by atoms with E-state index in [-0.39, 0.29) is 24.9 Å². The maximum absolute atomic E-state index is 13.0. The topological polar surface area (TPSA) is 56.1 Å². The standard InChI is InChI=1S/C13H23F2N5O/c1-4-5-6-19(2)12-16-17-18-20(12)9-11(21-3)10-7-13(14,15)8-10/h10-11H,4-9H2,1-3H3. The van der Waals surface area contributed by atoms with Gasteiger partial charge in [-0.25, -0.2) is 13.5 Å². The number of tetrazole rings is 1. The summed E-state index contributed by atoms with van der Waals surface area (Å²) < 4.78 is 33.0. The monoisotopic (exact) mass is 303 g/mol. The maximum Gasteiger partial charge on any atom is 0.248 e. The van der Waals surface area contributed by atoms with Crippen LogP contribution in [0.4, 0.5) is 14.7 Å². The van der Waals surface area contributed by atoms with E-state index in [1.807, 2.05) is 11.9 Å². The van der Waals surface area contributed by atoms with Gasteiger partial charge in [0.2, 0.25) is 11.9 Å². The molecule has 120 valence electrons. The number of hydrogen-bond donors (Lipinski definition) is 0. The summed E-state index contributed by atoms with van der Waals surface area (Å²) in [4.78, 5) is 1.98. The number of unbranched alkanes of at least 4 members (excludes halogenated alkanes) is 1. The van der Waals surface area contributed by atoms with Crippen LogP contribution in [0.1, 0.15) is 32.6 Å². The molecule has 6 nitrogen and oxygen atoms in total. The molecule has 1 aromatic heterocycles. The number of ether oxygens (including phenoxy) is 1. The molecule has 1 aromatic rings. The molecule has 0 bridgehead atoms. The first-order valence-corrected chi connectivity index (χ1v) is 7.34. The number of halogens is 2. The number of rotatable bonds is 8. The van der Waals surface area contributed by atoms with Crippen molar-refractivity contribution in [2.45, 2.75) is 51.2 Å². The molecule has 21 heavy (non-hydrogen) atoms. The van der Waals surface area contributed by atoms with E-state index in [2.05, 4.69) is 22.4 Å². The van der Waals surface area contributed by atoms with Crippen LogP contribution in [0.5, 0.6) is 0 Å². The Morgan fingerprint density at radius 2 is 2.19 bits per heavy atom. The van der Waals surface area contributed by atoms with Crippen molar-refractivity contribution in [1.29, 1.82) is 0 Å². The minimum Gasteiger partial charge on any atom is -0.379 e. The Hall–Kier alpha value is -1.31. The molecule has 0 N–H and O–H groups in total. The van der Waals surface area contributed by atoms with Crippen molar-refractivity contribution in [3.8, 4) is 0 Å². The summed E-state index contributed by atoms with van der Waals surface area (Å²) in [5, 5.41) is 11.7. The first-order valence-electron chi connectivity index (χ1n) is 7.34. The molecule has 1 aliphatic rings. The van der Waals surface area contributed by atoms with E-state index in [0.717, 1.165) is 19.4 Å². The van der Waals surface area contributed by atoms with Crippen molar-refractivity contribution >= 4 is 5.95 Å². The van der Waals surface area contributed by atoms with E-state index < -0.39 is 5.92 Å². The van der Waals surface area contributed by atoms with E-state index >= 15 is 0 Å². The second-order valence-electron chi connectivity index (χ2n) is 5.73. The smallest absolute Gasteiger partial charge is 0.248 e. The summed E-state index contributed by atoms with van der Waals surface area (Å²) in [6.45, 7) is 3.38. The molecular weight excluding hydrogens is 280 g/mol. The van der Waals surface area contributed by atoms with Crippen LogP contribution in [0.3, 0.4) is 0 Å². The quantitative estimate of drug-likeness (QED) is 0.735. The molecule has 0 amide bonds. The first kappa shape index (κ1) is 16.1. The predicted molar refractivity (Wildman–Crippen MR) is 74.5 cm³/mol. The van der Waals surface area contributed by atoms with Gasteiger partial charge >= 0.3 is 0 Å². The molecule has 1 unspecified atom stereocenters. The molecule has 1 saturated carbocycles. The zero-order chi connectivity index (χ0) is 15.5. The lowest BCUT2D eigenvalue weighted by atomic mass is 9.77. The summed E-state index contributed by atoms with van der Waals surface area (Å²) in [6, 6.07) is 0. The number of alkyl halides is 2. The van der Waals surface area contributed by atoms with E-state index in [4.69, 9.17) is 4.74 Å². The van der Waals surface area contributed by atoms with Crippen LogP contribution < -0.4 is 4.90 Å². The van der Waals surface area contributed by atoms with Gasteiger partial charge in [-0.1, -0.05) is 18.4 Å². The maximum atomic E-state index is 13.0. The van der Waals surface area contributed by atoms with Crippen molar-refractivity contribution in [1.82, 2.24) is 20.2 Å². The fraction of sp³-hybridized carbons (Fsp3) is 0.923. The van der Waals surface area contributed by atoms with Crippen molar-refractivity contribution < 1.29 is 13.5 Å². The van der Waals surface area contributed by atoms with Gasteiger partial charge in [0.05, 0.1) is 12.6 Å². The molecule has 8 heteroatoms. The Bertz CT molecular complexity index is 446. The van der Waals surface area contributed by atoms with E-state index in [0.29, 0.717) is 12.5 Å². The zero-order valence-electron chi connectivity index (χ0n) is 12.8. The Balaban J connectivity index is 1.97. The van der Waals surface area contributed by atoms with Crippen LogP contribution in [-0.4, -0.2) is 52.9 Å². The Kier molecular flexibility index (Phi) is 5.08. The zero-order valence-corrected chi connectivity index (χ0v) is 12.8. The normalized spacial score (nSPS) is 19.3. The van der Waals surface area contributed by atoms with Crippen LogP contribution in [0.15, 0.2) is 0 Å². The number of nitrogens with zero attached hydrogens (tertiary/aromatic N) is 5. The number of anilines is 1. The summed E-state index contributed by atoms with van der Waals surface area (Å²) in [5.41, 5.74) is 0. The van der Waals surface area contributed by atoms with Gasteiger partial charge in [-0.3, -0.25) is 0 Å². The first-order chi connectivity index (χ1) is 9.96.